The van der Waals surface area contributed by atoms with Gasteiger partial charge in [0.05, 0.1) is 13.0 Å². The average molecular weight is 317 g/mol. The Labute approximate surface area is 126 Å². The van der Waals surface area contributed by atoms with Crippen LogP contribution >= 0.6 is 23.1 Å². The lowest BCUT2D eigenvalue weighted by molar-refractivity contribution is -0.117. The highest BCUT2D eigenvalue weighted by atomic mass is 32.2. The Kier molecular flexibility index (Phi) is 6.97. The largest absolute Gasteiger partial charge is 0.384 e. The number of ether oxygens (including phenoxy) is 1. The summed E-state index contributed by atoms with van der Waals surface area (Å²) in [5.74, 6) is -0.472. The summed E-state index contributed by atoms with van der Waals surface area (Å²) in [6, 6.07) is 0.0129. The van der Waals surface area contributed by atoms with Crippen molar-refractivity contribution in [2.45, 2.75) is 30.6 Å². The molecule has 0 unspecified atom stereocenters. The number of carbonyl (C=O) groups excluding carboxylic acids is 2. The number of amides is 2. The molecule has 0 aliphatic heterocycles. The maximum Gasteiger partial charge on any atom is 0.273 e. The van der Waals surface area contributed by atoms with Gasteiger partial charge >= 0.3 is 0 Å². The maximum atomic E-state index is 12.0. The number of hydrogen-bond acceptors (Lipinski definition) is 6. The average Bonchev–Trinajstić information content (AvgIpc) is 2.78. The van der Waals surface area contributed by atoms with Crippen molar-refractivity contribution >= 4 is 39.9 Å². The number of hydrogen-bond donors (Lipinski definition) is 2. The molecule has 1 heterocycles. The molecule has 1 aromatic rings. The molecule has 0 radical (unpaired) electrons. The normalized spacial score (nSPS) is 10.7. The van der Waals surface area contributed by atoms with E-state index in [4.69, 9.17) is 4.74 Å². The zero-order valence-electron chi connectivity index (χ0n) is 12.0. The van der Waals surface area contributed by atoms with Gasteiger partial charge in [-0.1, -0.05) is 23.1 Å². The van der Waals surface area contributed by atoms with Crippen molar-refractivity contribution in [3.05, 3.63) is 5.69 Å². The van der Waals surface area contributed by atoms with Crippen molar-refractivity contribution in [3.63, 3.8) is 0 Å². The minimum atomic E-state index is -0.279. The second-order valence-corrected chi connectivity index (χ2v) is 6.33. The first-order chi connectivity index (χ1) is 9.47. The van der Waals surface area contributed by atoms with Gasteiger partial charge in [0.25, 0.3) is 5.91 Å². The quantitative estimate of drug-likeness (QED) is 0.752. The molecule has 0 fully saturated rings. The molecule has 0 aromatic carbocycles. The van der Waals surface area contributed by atoms with Crippen LogP contribution in [0.15, 0.2) is 4.34 Å². The highest BCUT2D eigenvalue weighted by Gasteiger charge is 2.20. The lowest BCUT2D eigenvalue weighted by atomic mass is 10.3. The summed E-state index contributed by atoms with van der Waals surface area (Å²) in [6.45, 7) is 4.08. The lowest BCUT2D eigenvalue weighted by Gasteiger charge is -2.08. The van der Waals surface area contributed by atoms with Gasteiger partial charge in [0.2, 0.25) is 5.91 Å². The van der Waals surface area contributed by atoms with Gasteiger partial charge in [-0.25, -0.2) is 4.98 Å². The minimum Gasteiger partial charge on any atom is -0.384 e. The summed E-state index contributed by atoms with van der Waals surface area (Å²) < 4.78 is 5.59. The van der Waals surface area contributed by atoms with E-state index in [1.54, 1.807) is 0 Å². The summed E-state index contributed by atoms with van der Waals surface area (Å²) in [5, 5.41) is 5.97. The molecular weight excluding hydrogens is 298 g/mol. The minimum absolute atomic E-state index is 0.0129. The number of rotatable bonds is 7. The monoisotopic (exact) mass is 317 g/mol. The summed E-state index contributed by atoms with van der Waals surface area (Å²) in [6.07, 6.45) is 2.12. The molecule has 0 aliphatic rings. The van der Waals surface area contributed by atoms with Crippen LogP contribution in [0.1, 0.15) is 30.8 Å². The molecule has 0 saturated heterocycles. The third-order valence-electron chi connectivity index (χ3n) is 2.20. The van der Waals surface area contributed by atoms with E-state index >= 15 is 0 Å². The Morgan fingerprint density at radius 1 is 1.45 bits per heavy atom. The van der Waals surface area contributed by atoms with Gasteiger partial charge in [0.15, 0.2) is 10.0 Å². The fraction of sp³-hybridized carbons (Fsp3) is 0.583. The Balaban J connectivity index is 2.85. The van der Waals surface area contributed by atoms with Crippen LogP contribution in [0.25, 0.3) is 0 Å². The second-order valence-electron chi connectivity index (χ2n) is 4.28. The molecule has 0 aliphatic carbocycles. The van der Waals surface area contributed by atoms with Crippen LogP contribution < -0.4 is 10.6 Å². The Hall–Kier alpha value is -1.12. The Bertz CT molecular complexity index is 475. The molecule has 112 valence electrons. The number of nitrogens with one attached hydrogen (secondary N) is 2. The van der Waals surface area contributed by atoms with Crippen molar-refractivity contribution in [2.75, 3.05) is 25.3 Å². The number of methoxy groups -OCH3 is 1. The number of aromatic nitrogens is 1. The van der Waals surface area contributed by atoms with Gasteiger partial charge in [-0.05, 0) is 20.1 Å². The first kappa shape index (κ1) is 16.9. The summed E-state index contributed by atoms with van der Waals surface area (Å²) in [5.41, 5.74) is 0.263. The Morgan fingerprint density at radius 2 is 2.15 bits per heavy atom. The van der Waals surface area contributed by atoms with Crippen LogP contribution in [0, 0.1) is 0 Å². The predicted octanol–water partition coefficient (Wildman–Crippen LogP) is 1.98. The van der Waals surface area contributed by atoms with E-state index in [2.05, 4.69) is 15.6 Å². The molecular formula is C12H19N3O3S2. The Morgan fingerprint density at radius 3 is 2.70 bits per heavy atom. The van der Waals surface area contributed by atoms with Crippen LogP contribution in [0.2, 0.25) is 0 Å². The number of thioether (sulfide) groups is 1. The highest BCUT2D eigenvalue weighted by molar-refractivity contribution is 8.00. The first-order valence-electron chi connectivity index (χ1n) is 6.12. The third-order valence-corrected chi connectivity index (χ3v) is 4.16. The molecule has 2 amide bonds. The van der Waals surface area contributed by atoms with Crippen molar-refractivity contribution in [2.24, 2.45) is 0 Å². The van der Waals surface area contributed by atoms with Crippen molar-refractivity contribution in [1.82, 2.24) is 10.3 Å². The molecule has 0 atom stereocenters. The van der Waals surface area contributed by atoms with Crippen LogP contribution in [-0.4, -0.2) is 42.8 Å². The van der Waals surface area contributed by atoms with E-state index in [0.29, 0.717) is 11.6 Å². The number of thiazole rings is 1. The van der Waals surface area contributed by atoms with Crippen LogP contribution in [0.3, 0.4) is 0 Å². The molecule has 2 N–H and O–H groups in total. The van der Waals surface area contributed by atoms with E-state index in [1.165, 1.54) is 30.2 Å². The SMILES string of the molecule is COCCC(=O)Nc1sc(SC)nc1C(=O)NC(C)C. The molecule has 1 rings (SSSR count). The molecule has 8 heteroatoms. The van der Waals surface area contributed by atoms with Crippen LogP contribution in [0.4, 0.5) is 5.00 Å². The first-order valence-corrected chi connectivity index (χ1v) is 8.16. The molecule has 1 aromatic heterocycles. The standard InChI is InChI=1S/C12H19N3O3S2/c1-7(2)13-10(17)9-11(20-12(15-9)19-4)14-8(16)5-6-18-3/h7H,5-6H2,1-4H3,(H,13,17)(H,14,16). The summed E-state index contributed by atoms with van der Waals surface area (Å²) >= 11 is 2.73. The van der Waals surface area contributed by atoms with E-state index < -0.39 is 0 Å². The lowest BCUT2D eigenvalue weighted by Crippen LogP contribution is -2.31. The fourth-order valence-electron chi connectivity index (χ4n) is 1.34. The molecule has 0 bridgehead atoms. The van der Waals surface area contributed by atoms with Crippen LogP contribution in [0.5, 0.6) is 0 Å². The van der Waals surface area contributed by atoms with E-state index in [9.17, 15) is 9.59 Å². The third kappa shape index (κ3) is 5.10. The molecule has 0 spiro atoms. The topological polar surface area (TPSA) is 80.3 Å². The van der Waals surface area contributed by atoms with Gasteiger partial charge in [-0.15, -0.1) is 0 Å². The number of nitrogens with zero attached hydrogens (tertiary/aromatic N) is 1. The van der Waals surface area contributed by atoms with E-state index in [-0.39, 0.29) is 30.0 Å². The summed E-state index contributed by atoms with van der Waals surface area (Å²) in [4.78, 5) is 28.0. The fourth-order valence-corrected chi connectivity index (χ4v) is 2.82. The maximum absolute atomic E-state index is 12.0. The van der Waals surface area contributed by atoms with Crippen LogP contribution in [-0.2, 0) is 9.53 Å². The highest BCUT2D eigenvalue weighted by Crippen LogP contribution is 2.30. The van der Waals surface area contributed by atoms with Crippen molar-refractivity contribution in [3.8, 4) is 0 Å². The molecule has 0 saturated carbocycles. The van der Waals surface area contributed by atoms with Gasteiger partial charge in [-0.3, -0.25) is 9.59 Å². The van der Waals surface area contributed by atoms with E-state index in [1.807, 2.05) is 20.1 Å². The van der Waals surface area contributed by atoms with Gasteiger partial charge in [0.1, 0.15) is 5.00 Å². The predicted molar refractivity (Wildman–Crippen MR) is 81.6 cm³/mol. The smallest absolute Gasteiger partial charge is 0.273 e. The van der Waals surface area contributed by atoms with Crippen molar-refractivity contribution in [1.29, 1.82) is 0 Å². The van der Waals surface area contributed by atoms with Gasteiger partial charge < -0.3 is 15.4 Å². The molecule has 6 nitrogen and oxygen atoms in total. The van der Waals surface area contributed by atoms with E-state index in [0.717, 1.165) is 4.34 Å². The number of anilines is 1. The van der Waals surface area contributed by atoms with Gasteiger partial charge in [-0.2, -0.15) is 0 Å². The van der Waals surface area contributed by atoms with Crippen molar-refractivity contribution < 1.29 is 14.3 Å². The molecule has 20 heavy (non-hydrogen) atoms. The number of carbonyl (C=O) groups is 2. The zero-order valence-corrected chi connectivity index (χ0v) is 13.6. The summed E-state index contributed by atoms with van der Waals surface area (Å²) in [7, 11) is 1.54. The zero-order chi connectivity index (χ0) is 15.1. The second kappa shape index (κ2) is 8.23. The van der Waals surface area contributed by atoms with Gasteiger partial charge in [0, 0.05) is 13.2 Å².